The first-order valence-electron chi connectivity index (χ1n) is 9.56. The number of H-pyrrole nitrogens is 1. The molecular formula is C19H29N5O4. The van der Waals surface area contributed by atoms with Crippen molar-refractivity contribution in [2.75, 3.05) is 33.4 Å². The third-order valence-corrected chi connectivity index (χ3v) is 4.32. The van der Waals surface area contributed by atoms with E-state index < -0.39 is 11.2 Å². The van der Waals surface area contributed by atoms with Crippen LogP contribution in [0.4, 0.5) is 0 Å². The molecular weight excluding hydrogens is 362 g/mol. The topological polar surface area (TPSA) is 118 Å². The molecule has 0 atom stereocenters. The van der Waals surface area contributed by atoms with E-state index in [1.54, 1.807) is 13.2 Å². The molecule has 0 aromatic carbocycles. The van der Waals surface area contributed by atoms with Crippen LogP contribution < -0.4 is 21.9 Å². The van der Waals surface area contributed by atoms with E-state index in [2.05, 4.69) is 20.6 Å². The van der Waals surface area contributed by atoms with Gasteiger partial charge in [0.25, 0.3) is 11.5 Å². The normalized spacial score (nSPS) is 11.3. The van der Waals surface area contributed by atoms with E-state index in [1.807, 2.05) is 20.8 Å². The maximum atomic E-state index is 12.8. The number of aryl methyl sites for hydroxylation is 1. The molecule has 0 bridgehead atoms. The van der Waals surface area contributed by atoms with Crippen LogP contribution in [0.2, 0.25) is 0 Å². The molecule has 2 aromatic heterocycles. The molecule has 2 heterocycles. The Hall–Kier alpha value is -2.52. The van der Waals surface area contributed by atoms with Crippen molar-refractivity contribution < 1.29 is 9.53 Å². The van der Waals surface area contributed by atoms with Gasteiger partial charge >= 0.3 is 5.69 Å². The van der Waals surface area contributed by atoms with Gasteiger partial charge in [0.15, 0.2) is 5.65 Å². The molecule has 9 nitrogen and oxygen atoms in total. The van der Waals surface area contributed by atoms with Gasteiger partial charge in [0.2, 0.25) is 0 Å². The van der Waals surface area contributed by atoms with Gasteiger partial charge in [-0.2, -0.15) is 0 Å². The van der Waals surface area contributed by atoms with Crippen LogP contribution in [0.15, 0.2) is 15.7 Å². The van der Waals surface area contributed by atoms with E-state index >= 15 is 0 Å². The lowest BCUT2D eigenvalue weighted by atomic mass is 10.0. The molecule has 28 heavy (non-hydrogen) atoms. The molecule has 2 aromatic rings. The quantitative estimate of drug-likeness (QED) is 0.510. The Kier molecular flexibility index (Phi) is 7.89. The SMILES string of the molecule is CCCn1c(=O)[nH]c(=O)c2c(C(=O)NCCNCCOC)cc(C(C)C)nc21. The second-order valence-electron chi connectivity index (χ2n) is 6.86. The number of carbonyl (C=O) groups is 1. The van der Waals surface area contributed by atoms with Gasteiger partial charge in [0.05, 0.1) is 17.6 Å². The smallest absolute Gasteiger partial charge is 0.329 e. The number of ether oxygens (including phenoxy) is 1. The predicted molar refractivity (Wildman–Crippen MR) is 108 cm³/mol. The number of amides is 1. The van der Waals surface area contributed by atoms with Gasteiger partial charge in [0, 0.05) is 39.0 Å². The molecule has 0 fully saturated rings. The van der Waals surface area contributed by atoms with Crippen LogP contribution in [0.3, 0.4) is 0 Å². The van der Waals surface area contributed by atoms with Crippen molar-refractivity contribution in [3.05, 3.63) is 38.2 Å². The summed E-state index contributed by atoms with van der Waals surface area (Å²) in [6.07, 6.45) is 0.698. The maximum absolute atomic E-state index is 12.8. The first kappa shape index (κ1) is 21.8. The summed E-state index contributed by atoms with van der Waals surface area (Å²) in [6, 6.07) is 1.64. The van der Waals surface area contributed by atoms with Crippen LogP contribution in [0, 0.1) is 0 Å². The number of aromatic nitrogens is 3. The number of carbonyl (C=O) groups excluding carboxylic acids is 1. The van der Waals surface area contributed by atoms with Gasteiger partial charge in [-0.15, -0.1) is 0 Å². The lowest BCUT2D eigenvalue weighted by molar-refractivity contribution is 0.0955. The summed E-state index contributed by atoms with van der Waals surface area (Å²) in [7, 11) is 1.62. The van der Waals surface area contributed by atoms with Gasteiger partial charge in [-0.25, -0.2) is 9.78 Å². The molecule has 0 radical (unpaired) electrons. The highest BCUT2D eigenvalue weighted by molar-refractivity contribution is 6.05. The Morgan fingerprint density at radius 3 is 2.68 bits per heavy atom. The van der Waals surface area contributed by atoms with E-state index in [9.17, 15) is 14.4 Å². The van der Waals surface area contributed by atoms with E-state index in [0.29, 0.717) is 44.9 Å². The van der Waals surface area contributed by atoms with E-state index in [1.165, 1.54) is 4.57 Å². The minimum Gasteiger partial charge on any atom is -0.383 e. The largest absolute Gasteiger partial charge is 0.383 e. The third-order valence-electron chi connectivity index (χ3n) is 4.32. The molecule has 0 aliphatic rings. The van der Waals surface area contributed by atoms with Crippen LogP contribution in [0.5, 0.6) is 0 Å². The Labute approximate surface area is 163 Å². The summed E-state index contributed by atoms with van der Waals surface area (Å²) in [5.41, 5.74) is 0.0348. The fourth-order valence-electron chi connectivity index (χ4n) is 2.86. The Morgan fingerprint density at radius 2 is 2.04 bits per heavy atom. The van der Waals surface area contributed by atoms with Gasteiger partial charge in [-0.3, -0.25) is 19.1 Å². The predicted octanol–water partition coefficient (Wildman–Crippen LogP) is 0.584. The Bertz CT molecular complexity index is 932. The zero-order chi connectivity index (χ0) is 20.7. The Morgan fingerprint density at radius 1 is 1.29 bits per heavy atom. The molecule has 0 saturated heterocycles. The summed E-state index contributed by atoms with van der Waals surface area (Å²) in [5, 5.41) is 6.10. The van der Waals surface area contributed by atoms with Gasteiger partial charge in [-0.05, 0) is 18.4 Å². The second kappa shape index (κ2) is 10.1. The summed E-state index contributed by atoms with van der Waals surface area (Å²) in [6.45, 7) is 8.49. The molecule has 154 valence electrons. The standard InChI is InChI=1S/C19H29N5O4/c1-5-9-24-16-15(18(26)23-19(24)27)13(11-14(22-16)12(2)3)17(25)21-7-6-20-8-10-28-4/h11-12,20H,5-10H2,1-4H3,(H,21,25)(H,23,26,27). The molecule has 0 unspecified atom stereocenters. The zero-order valence-electron chi connectivity index (χ0n) is 16.9. The van der Waals surface area contributed by atoms with Crippen LogP contribution in [-0.4, -0.2) is 53.8 Å². The van der Waals surface area contributed by atoms with E-state index in [0.717, 1.165) is 0 Å². The van der Waals surface area contributed by atoms with E-state index in [-0.39, 0.29) is 28.4 Å². The van der Waals surface area contributed by atoms with Crippen molar-refractivity contribution in [2.24, 2.45) is 0 Å². The molecule has 0 saturated carbocycles. The Balaban J connectivity index is 2.43. The van der Waals surface area contributed by atoms with Crippen molar-refractivity contribution in [3.63, 3.8) is 0 Å². The summed E-state index contributed by atoms with van der Waals surface area (Å²) >= 11 is 0. The lowest BCUT2D eigenvalue weighted by Crippen LogP contribution is -2.35. The number of hydrogen-bond acceptors (Lipinski definition) is 6. The monoisotopic (exact) mass is 391 g/mol. The van der Waals surface area contributed by atoms with Crippen molar-refractivity contribution >= 4 is 16.9 Å². The van der Waals surface area contributed by atoms with Crippen LogP contribution >= 0.6 is 0 Å². The average molecular weight is 391 g/mol. The first-order chi connectivity index (χ1) is 13.4. The molecule has 0 spiro atoms. The van der Waals surface area contributed by atoms with Crippen LogP contribution in [0.1, 0.15) is 49.2 Å². The van der Waals surface area contributed by atoms with Gasteiger partial charge < -0.3 is 15.4 Å². The van der Waals surface area contributed by atoms with Crippen LogP contribution in [0.25, 0.3) is 11.0 Å². The molecule has 1 amide bonds. The first-order valence-corrected chi connectivity index (χ1v) is 9.56. The summed E-state index contributed by atoms with van der Waals surface area (Å²) < 4.78 is 6.38. The van der Waals surface area contributed by atoms with Crippen molar-refractivity contribution in [1.82, 2.24) is 25.2 Å². The molecule has 0 aliphatic heterocycles. The zero-order valence-corrected chi connectivity index (χ0v) is 16.9. The van der Waals surface area contributed by atoms with E-state index in [4.69, 9.17) is 4.74 Å². The van der Waals surface area contributed by atoms with Crippen molar-refractivity contribution in [2.45, 2.75) is 39.7 Å². The number of pyridine rings is 1. The average Bonchev–Trinajstić information content (AvgIpc) is 2.66. The second-order valence-corrected chi connectivity index (χ2v) is 6.86. The summed E-state index contributed by atoms with van der Waals surface area (Å²) in [5.74, 6) is -0.328. The number of methoxy groups -OCH3 is 1. The number of rotatable bonds is 10. The number of nitrogens with zero attached hydrogens (tertiary/aromatic N) is 2. The van der Waals surface area contributed by atoms with Crippen LogP contribution in [-0.2, 0) is 11.3 Å². The number of fused-ring (bicyclic) bond motifs is 1. The van der Waals surface area contributed by atoms with Gasteiger partial charge in [0.1, 0.15) is 0 Å². The highest BCUT2D eigenvalue weighted by Gasteiger charge is 2.20. The lowest BCUT2D eigenvalue weighted by Gasteiger charge is -2.14. The summed E-state index contributed by atoms with van der Waals surface area (Å²) in [4.78, 5) is 44.4. The fraction of sp³-hybridized carbons (Fsp3) is 0.579. The minimum absolute atomic E-state index is 0.0381. The minimum atomic E-state index is -0.599. The van der Waals surface area contributed by atoms with Gasteiger partial charge in [-0.1, -0.05) is 20.8 Å². The molecule has 3 N–H and O–H groups in total. The fourth-order valence-corrected chi connectivity index (χ4v) is 2.86. The van der Waals surface area contributed by atoms with Crippen molar-refractivity contribution in [1.29, 1.82) is 0 Å². The highest BCUT2D eigenvalue weighted by atomic mass is 16.5. The third kappa shape index (κ3) is 5.05. The molecule has 0 aliphatic carbocycles. The number of hydrogen-bond donors (Lipinski definition) is 3. The molecule has 2 rings (SSSR count). The highest BCUT2D eigenvalue weighted by Crippen LogP contribution is 2.19. The van der Waals surface area contributed by atoms with Crippen molar-refractivity contribution in [3.8, 4) is 0 Å². The molecule has 9 heteroatoms. The number of aromatic amines is 1. The maximum Gasteiger partial charge on any atom is 0.329 e. The number of nitrogens with one attached hydrogen (secondary N) is 3.